The number of rotatable bonds is 16. The molecule has 0 unspecified atom stereocenters. The number of aryl methyl sites for hydroxylation is 2. The minimum atomic E-state index is -0.622. The van der Waals surface area contributed by atoms with Gasteiger partial charge in [-0.25, -0.2) is 19.4 Å². The first-order valence-electron chi connectivity index (χ1n) is 13.3. The van der Waals surface area contributed by atoms with Gasteiger partial charge in [-0.15, -0.1) is 0 Å². The summed E-state index contributed by atoms with van der Waals surface area (Å²) >= 11 is 0. The maximum absolute atomic E-state index is 12.7. The monoisotopic (exact) mass is 466 g/mol. The fourth-order valence-electron chi connectivity index (χ4n) is 4.23. The van der Waals surface area contributed by atoms with Gasteiger partial charge in [0.1, 0.15) is 0 Å². The number of benzene rings is 2. The van der Waals surface area contributed by atoms with Crippen LogP contribution in [-0.2, 0) is 22.6 Å². The Morgan fingerprint density at radius 1 is 0.529 bits per heavy atom. The molecule has 0 fully saturated rings. The fourth-order valence-corrected chi connectivity index (χ4v) is 4.23. The van der Waals surface area contributed by atoms with E-state index in [2.05, 4.69) is 13.8 Å². The molecule has 0 radical (unpaired) electrons. The van der Waals surface area contributed by atoms with Crippen LogP contribution in [0.15, 0.2) is 48.5 Å². The Bertz CT molecular complexity index is 787. The number of carbonyl (C=O) groups is 2. The van der Waals surface area contributed by atoms with Crippen molar-refractivity contribution in [3.05, 3.63) is 70.8 Å². The van der Waals surface area contributed by atoms with Crippen molar-refractivity contribution in [3.8, 4) is 0 Å². The van der Waals surface area contributed by atoms with Crippen LogP contribution in [0.1, 0.15) is 123 Å². The molecule has 34 heavy (non-hydrogen) atoms. The predicted octanol–water partition coefficient (Wildman–Crippen LogP) is 8.42. The van der Waals surface area contributed by atoms with Crippen LogP contribution in [-0.4, -0.2) is 11.9 Å². The van der Waals surface area contributed by atoms with Crippen LogP contribution < -0.4 is 0 Å². The zero-order chi connectivity index (χ0) is 24.4. The summed E-state index contributed by atoms with van der Waals surface area (Å²) in [6.07, 6.45) is 15.9. The molecule has 0 saturated heterocycles. The van der Waals surface area contributed by atoms with E-state index in [1.807, 2.05) is 24.3 Å². The minimum absolute atomic E-state index is 0.462. The van der Waals surface area contributed by atoms with Crippen LogP contribution in [0.2, 0.25) is 0 Å². The molecule has 0 aliphatic carbocycles. The van der Waals surface area contributed by atoms with E-state index in [1.54, 1.807) is 24.3 Å². The van der Waals surface area contributed by atoms with Crippen LogP contribution in [0.5, 0.6) is 0 Å². The third kappa shape index (κ3) is 10.1. The molecule has 0 aromatic heterocycles. The van der Waals surface area contributed by atoms with Crippen molar-refractivity contribution in [2.45, 2.75) is 104 Å². The summed E-state index contributed by atoms with van der Waals surface area (Å²) in [4.78, 5) is 35.3. The molecule has 0 aliphatic heterocycles. The maximum atomic E-state index is 12.7. The molecule has 0 N–H and O–H groups in total. The second-order valence-electron chi connectivity index (χ2n) is 9.09. The summed E-state index contributed by atoms with van der Waals surface area (Å²) in [6, 6.07) is 14.8. The second-order valence-corrected chi connectivity index (χ2v) is 9.09. The van der Waals surface area contributed by atoms with Gasteiger partial charge in [0.2, 0.25) is 0 Å². The van der Waals surface area contributed by atoms with Crippen LogP contribution in [0.3, 0.4) is 0 Å². The first kappa shape index (κ1) is 27.6. The molecule has 0 spiro atoms. The van der Waals surface area contributed by atoms with Gasteiger partial charge in [0, 0.05) is 0 Å². The highest BCUT2D eigenvalue weighted by Gasteiger charge is 2.18. The molecular formula is C30H42O4. The van der Waals surface area contributed by atoms with Gasteiger partial charge in [-0.05, 0) is 48.9 Å². The SMILES string of the molecule is CCCCCCCCc1ccccc1C(=O)OOC(=O)c1ccccc1CCCCCCCC. The lowest BCUT2D eigenvalue weighted by atomic mass is 10.0. The van der Waals surface area contributed by atoms with E-state index in [9.17, 15) is 9.59 Å². The average Bonchev–Trinajstić information content (AvgIpc) is 2.87. The Labute approximate surface area is 206 Å². The Hall–Kier alpha value is -2.62. The number of hydrogen-bond acceptors (Lipinski definition) is 4. The van der Waals surface area contributed by atoms with E-state index in [0.29, 0.717) is 11.1 Å². The molecule has 4 nitrogen and oxygen atoms in total. The molecular weight excluding hydrogens is 424 g/mol. The van der Waals surface area contributed by atoms with Crippen molar-refractivity contribution in [3.63, 3.8) is 0 Å². The smallest absolute Gasteiger partial charge is 0.241 e. The zero-order valence-corrected chi connectivity index (χ0v) is 21.2. The lowest BCUT2D eigenvalue weighted by Gasteiger charge is -2.10. The van der Waals surface area contributed by atoms with Gasteiger partial charge in [-0.2, -0.15) is 0 Å². The van der Waals surface area contributed by atoms with E-state index in [-0.39, 0.29) is 0 Å². The lowest BCUT2D eigenvalue weighted by Crippen LogP contribution is -2.14. The number of unbranched alkanes of at least 4 members (excludes halogenated alkanes) is 10. The van der Waals surface area contributed by atoms with Crippen molar-refractivity contribution >= 4 is 11.9 Å². The van der Waals surface area contributed by atoms with Gasteiger partial charge < -0.3 is 0 Å². The Morgan fingerprint density at radius 2 is 0.882 bits per heavy atom. The normalized spacial score (nSPS) is 10.8. The van der Waals surface area contributed by atoms with Gasteiger partial charge in [0.05, 0.1) is 11.1 Å². The molecule has 0 bridgehead atoms. The van der Waals surface area contributed by atoms with Gasteiger partial charge in [0.15, 0.2) is 0 Å². The van der Waals surface area contributed by atoms with Crippen molar-refractivity contribution < 1.29 is 19.4 Å². The van der Waals surface area contributed by atoms with Gasteiger partial charge in [-0.3, -0.25) is 0 Å². The molecule has 2 aromatic rings. The quantitative estimate of drug-likeness (QED) is 0.141. The molecule has 4 heteroatoms. The summed E-state index contributed by atoms with van der Waals surface area (Å²) < 4.78 is 0. The summed E-state index contributed by atoms with van der Waals surface area (Å²) in [5.74, 6) is -1.24. The van der Waals surface area contributed by atoms with Crippen molar-refractivity contribution in [1.82, 2.24) is 0 Å². The van der Waals surface area contributed by atoms with Crippen LogP contribution in [0.4, 0.5) is 0 Å². The number of hydrogen-bond donors (Lipinski definition) is 0. The molecule has 186 valence electrons. The Balaban J connectivity index is 1.85. The van der Waals surface area contributed by atoms with E-state index >= 15 is 0 Å². The van der Waals surface area contributed by atoms with Crippen molar-refractivity contribution in [2.24, 2.45) is 0 Å². The molecule has 0 atom stereocenters. The number of carbonyl (C=O) groups excluding carboxylic acids is 2. The topological polar surface area (TPSA) is 52.6 Å². The Kier molecular flexibility index (Phi) is 13.7. The van der Waals surface area contributed by atoms with E-state index < -0.39 is 11.9 Å². The van der Waals surface area contributed by atoms with Crippen LogP contribution in [0.25, 0.3) is 0 Å². The van der Waals surface area contributed by atoms with Crippen LogP contribution in [0, 0.1) is 0 Å². The largest absolute Gasteiger partial charge is 0.386 e. The molecule has 0 heterocycles. The third-order valence-corrected chi connectivity index (χ3v) is 6.27. The summed E-state index contributed by atoms with van der Waals surface area (Å²) in [6.45, 7) is 4.42. The first-order chi connectivity index (χ1) is 16.7. The minimum Gasteiger partial charge on any atom is -0.241 e. The maximum Gasteiger partial charge on any atom is 0.386 e. The fraction of sp³-hybridized carbons (Fsp3) is 0.533. The third-order valence-electron chi connectivity index (χ3n) is 6.27. The van der Waals surface area contributed by atoms with Gasteiger partial charge in [-0.1, -0.05) is 114 Å². The second kappa shape index (κ2) is 16.9. The van der Waals surface area contributed by atoms with Gasteiger partial charge >= 0.3 is 11.9 Å². The van der Waals surface area contributed by atoms with Crippen LogP contribution >= 0.6 is 0 Å². The highest BCUT2D eigenvalue weighted by molar-refractivity contribution is 5.93. The highest BCUT2D eigenvalue weighted by atomic mass is 17.2. The first-order valence-corrected chi connectivity index (χ1v) is 13.3. The zero-order valence-electron chi connectivity index (χ0n) is 21.2. The van der Waals surface area contributed by atoms with Gasteiger partial charge in [0.25, 0.3) is 0 Å². The van der Waals surface area contributed by atoms with Crippen molar-refractivity contribution in [1.29, 1.82) is 0 Å². The highest BCUT2D eigenvalue weighted by Crippen LogP contribution is 2.18. The average molecular weight is 467 g/mol. The molecule has 0 aliphatic rings. The van der Waals surface area contributed by atoms with E-state index in [4.69, 9.17) is 9.78 Å². The van der Waals surface area contributed by atoms with E-state index in [1.165, 1.54) is 51.4 Å². The predicted molar refractivity (Wildman–Crippen MR) is 138 cm³/mol. The summed E-state index contributed by atoms with van der Waals surface area (Å²) in [7, 11) is 0. The lowest BCUT2D eigenvalue weighted by molar-refractivity contribution is -0.187. The summed E-state index contributed by atoms with van der Waals surface area (Å²) in [5.41, 5.74) is 2.79. The van der Waals surface area contributed by atoms with Crippen molar-refractivity contribution in [2.75, 3.05) is 0 Å². The Morgan fingerprint density at radius 3 is 1.29 bits per heavy atom. The molecule has 2 aromatic carbocycles. The summed E-state index contributed by atoms with van der Waals surface area (Å²) in [5, 5.41) is 0. The molecule has 0 saturated carbocycles. The standard InChI is InChI=1S/C30H42O4/c1-3-5-7-9-11-13-19-25-21-15-17-23-27(25)29(31)33-34-30(32)28-24-18-16-22-26(28)20-14-12-10-8-6-4-2/h15-18,21-24H,3-14,19-20H2,1-2H3. The van der Waals surface area contributed by atoms with E-state index in [0.717, 1.165) is 49.7 Å². The molecule has 2 rings (SSSR count). The molecule has 0 amide bonds.